The molecule has 2 aromatic carbocycles. The highest BCUT2D eigenvalue weighted by atomic mass is 16.5. The number of carbonyl (C=O) groups excluding carboxylic acids is 3. The highest BCUT2D eigenvalue weighted by Gasteiger charge is 2.47. The first-order valence-corrected chi connectivity index (χ1v) is 20.8. The van der Waals surface area contributed by atoms with Crippen molar-refractivity contribution >= 4 is 29.2 Å². The number of aliphatic imine (C=N–C) groups is 1. The molecule has 3 N–H and O–H groups in total. The fraction of sp³-hybridized carbons (Fsp3) is 0.500. The lowest BCUT2D eigenvalue weighted by molar-refractivity contribution is -0.135. The lowest BCUT2D eigenvalue weighted by atomic mass is 9.91. The smallest absolute Gasteiger partial charge is 0.407 e. The Morgan fingerprint density at radius 1 is 0.793 bits per heavy atom. The summed E-state index contributed by atoms with van der Waals surface area (Å²) in [6.45, 7) is 15.5. The summed E-state index contributed by atoms with van der Waals surface area (Å²) in [5, 5.41) is 5.91. The first-order chi connectivity index (χ1) is 27.8. The van der Waals surface area contributed by atoms with Crippen LogP contribution in [0.25, 0.3) is 28.0 Å². The Kier molecular flexibility index (Phi) is 11.8. The number of nitrogens with zero attached hydrogens (tertiary/aromatic N) is 4. The van der Waals surface area contributed by atoms with Gasteiger partial charge in [-0.05, 0) is 84.8 Å². The van der Waals surface area contributed by atoms with Crippen LogP contribution < -0.4 is 10.6 Å². The molecule has 12 nitrogen and oxygen atoms in total. The zero-order valence-corrected chi connectivity index (χ0v) is 35.1. The van der Waals surface area contributed by atoms with Crippen LogP contribution in [0.15, 0.2) is 77.9 Å². The zero-order valence-electron chi connectivity index (χ0n) is 35.1. The molecule has 0 radical (unpaired) electrons. The number of alkyl carbamates (subject to hydrolysis) is 1. The normalized spacial score (nSPS) is 20.9. The van der Waals surface area contributed by atoms with E-state index in [0.717, 1.165) is 85.4 Å². The van der Waals surface area contributed by atoms with Crippen molar-refractivity contribution in [3.8, 4) is 22.4 Å². The predicted molar refractivity (Wildman–Crippen MR) is 226 cm³/mol. The lowest BCUT2D eigenvalue weighted by Gasteiger charge is -2.32. The van der Waals surface area contributed by atoms with Crippen LogP contribution in [0.4, 0.5) is 4.79 Å². The molecule has 58 heavy (non-hydrogen) atoms. The van der Waals surface area contributed by atoms with E-state index in [4.69, 9.17) is 19.5 Å². The molecule has 4 heterocycles. The quantitative estimate of drug-likeness (QED) is 0.141. The molecule has 12 heteroatoms. The number of amides is 3. The highest BCUT2D eigenvalue weighted by molar-refractivity contribution is 6.05. The summed E-state index contributed by atoms with van der Waals surface area (Å²) in [5.74, 6) is 1.07. The molecule has 0 unspecified atom stereocenters. The maximum atomic E-state index is 14.0. The fourth-order valence-electron chi connectivity index (χ4n) is 8.72. The monoisotopic (exact) mass is 789 g/mol. The molecule has 308 valence electrons. The summed E-state index contributed by atoms with van der Waals surface area (Å²) in [6, 6.07) is 16.0. The van der Waals surface area contributed by atoms with Crippen LogP contribution >= 0.6 is 0 Å². The maximum absolute atomic E-state index is 14.0. The minimum Gasteiger partial charge on any atom is -0.483 e. The van der Waals surface area contributed by atoms with Crippen molar-refractivity contribution < 1.29 is 23.9 Å². The molecule has 1 aliphatic carbocycles. The molecular weight excluding hydrogens is 731 g/mol. The van der Waals surface area contributed by atoms with Crippen LogP contribution in [-0.2, 0) is 19.1 Å². The number of hydrogen-bond donors (Lipinski definition) is 3. The summed E-state index contributed by atoms with van der Waals surface area (Å²) in [6.07, 6.45) is 7.74. The number of imidazole rings is 1. The number of rotatable bonds is 14. The van der Waals surface area contributed by atoms with Crippen LogP contribution in [-0.4, -0.2) is 88.8 Å². The number of nitrogens with one attached hydrogen (secondary N) is 3. The van der Waals surface area contributed by atoms with E-state index in [1.807, 2.05) is 43.7 Å². The van der Waals surface area contributed by atoms with E-state index < -0.39 is 18.2 Å². The van der Waals surface area contributed by atoms with Gasteiger partial charge in [0.25, 0.3) is 0 Å². The largest absolute Gasteiger partial charge is 0.483 e. The Morgan fingerprint density at radius 3 is 1.88 bits per heavy atom. The minimum absolute atomic E-state index is 0.0166. The SMILES string of the molecule is C=C(N[C@H](C(=O)N1CCC[C@H]1C1=NC(C2(C)CC2)=C(c2ccc(-c3ccc(-c4cnc([C@@H]5CCCN5C(=O)[C@@H](NC(=O)OC)C(C)C)[nH]4)cc3)cc2)C1)C(C)C)OC. The van der Waals surface area contributed by atoms with E-state index in [2.05, 4.69) is 77.7 Å². The average molecular weight is 790 g/mol. The maximum Gasteiger partial charge on any atom is 0.407 e. The second-order valence-corrected chi connectivity index (χ2v) is 17.2. The number of benzene rings is 2. The first kappa shape index (κ1) is 40.8. The summed E-state index contributed by atoms with van der Waals surface area (Å²) in [4.78, 5) is 56.9. The molecule has 2 saturated heterocycles. The summed E-state index contributed by atoms with van der Waals surface area (Å²) < 4.78 is 10.0. The number of aromatic nitrogens is 2. The number of ether oxygens (including phenoxy) is 2. The van der Waals surface area contributed by atoms with Crippen LogP contribution in [0.3, 0.4) is 0 Å². The van der Waals surface area contributed by atoms with E-state index >= 15 is 0 Å². The van der Waals surface area contributed by atoms with Gasteiger partial charge in [-0.2, -0.15) is 0 Å². The van der Waals surface area contributed by atoms with Gasteiger partial charge < -0.3 is 34.9 Å². The number of aromatic amines is 1. The number of allylic oxidation sites excluding steroid dienone is 2. The van der Waals surface area contributed by atoms with Gasteiger partial charge in [0.1, 0.15) is 17.9 Å². The van der Waals surface area contributed by atoms with Gasteiger partial charge in [-0.3, -0.25) is 14.6 Å². The Hall–Kier alpha value is -5.39. The second-order valence-electron chi connectivity index (χ2n) is 17.2. The third-order valence-electron chi connectivity index (χ3n) is 12.5. The van der Waals surface area contributed by atoms with E-state index in [1.54, 1.807) is 7.11 Å². The van der Waals surface area contributed by atoms with E-state index in [9.17, 15) is 14.4 Å². The molecule has 3 fully saturated rings. The highest BCUT2D eigenvalue weighted by Crippen LogP contribution is 2.56. The van der Waals surface area contributed by atoms with Gasteiger partial charge in [0.2, 0.25) is 11.8 Å². The van der Waals surface area contributed by atoms with Crippen LogP contribution in [0.5, 0.6) is 0 Å². The van der Waals surface area contributed by atoms with Crippen molar-refractivity contribution in [1.82, 2.24) is 30.4 Å². The molecule has 0 spiro atoms. The molecule has 3 aromatic rings. The van der Waals surface area contributed by atoms with Gasteiger partial charge in [-0.15, -0.1) is 0 Å². The van der Waals surface area contributed by atoms with Crippen molar-refractivity contribution in [2.45, 2.75) is 104 Å². The Balaban J connectivity index is 1.03. The molecular formula is C46H59N7O5. The van der Waals surface area contributed by atoms with Gasteiger partial charge in [-0.1, -0.05) is 83.1 Å². The van der Waals surface area contributed by atoms with Crippen LogP contribution in [0, 0.1) is 17.3 Å². The third-order valence-corrected chi connectivity index (χ3v) is 12.5. The van der Waals surface area contributed by atoms with Crippen molar-refractivity contribution in [2.24, 2.45) is 22.2 Å². The van der Waals surface area contributed by atoms with E-state index in [0.29, 0.717) is 12.4 Å². The number of H-pyrrole nitrogens is 1. The lowest BCUT2D eigenvalue weighted by Crippen LogP contribution is -2.52. The molecule has 3 aliphatic heterocycles. The van der Waals surface area contributed by atoms with Gasteiger partial charge in [-0.25, -0.2) is 9.78 Å². The minimum atomic E-state index is -0.678. The van der Waals surface area contributed by atoms with Crippen LogP contribution in [0.1, 0.15) is 97.0 Å². The Morgan fingerprint density at radius 2 is 1.33 bits per heavy atom. The second kappa shape index (κ2) is 16.8. The molecule has 1 aromatic heterocycles. The number of likely N-dealkylation sites (tertiary alicyclic amines) is 2. The Bertz CT molecular complexity index is 2080. The fourth-order valence-corrected chi connectivity index (χ4v) is 8.72. The average Bonchev–Trinajstić information content (AvgIpc) is 3.82. The van der Waals surface area contributed by atoms with E-state index in [1.165, 1.54) is 23.9 Å². The molecule has 7 rings (SSSR count). The van der Waals surface area contributed by atoms with Crippen molar-refractivity contribution in [3.05, 3.63) is 84.3 Å². The number of carbonyl (C=O) groups is 3. The third kappa shape index (κ3) is 8.29. The first-order valence-electron chi connectivity index (χ1n) is 20.8. The number of methoxy groups -OCH3 is 2. The van der Waals surface area contributed by atoms with Gasteiger partial charge in [0.05, 0.1) is 43.9 Å². The van der Waals surface area contributed by atoms with Crippen molar-refractivity contribution in [2.75, 3.05) is 27.3 Å². The van der Waals surface area contributed by atoms with Crippen LogP contribution in [0.2, 0.25) is 0 Å². The summed E-state index contributed by atoms with van der Waals surface area (Å²) in [5.41, 5.74) is 8.94. The molecule has 4 aliphatic rings. The summed E-state index contributed by atoms with van der Waals surface area (Å²) >= 11 is 0. The standard InChI is InChI=1S/C46H59N7O5/c1-27(2)39(48-29(5)57-7)43(54)52-23-9-11-37(52)35-25-34(41(49-35)46(6)21-22-46)32-17-13-30(14-18-32)31-15-19-33(20-16-31)36-26-47-42(50-36)38-12-10-24-53(38)44(55)40(28(3)4)51-45(56)58-8/h13-20,26-28,37-40,48H,5,9-12,21-25H2,1-4,6-8H3,(H,47,50)(H,51,56)/t37-,38-,39-,40-/m0/s1. The molecule has 1 saturated carbocycles. The van der Waals surface area contributed by atoms with Crippen molar-refractivity contribution in [3.63, 3.8) is 0 Å². The summed E-state index contributed by atoms with van der Waals surface area (Å²) in [7, 11) is 2.86. The van der Waals surface area contributed by atoms with E-state index in [-0.39, 0.29) is 41.1 Å². The van der Waals surface area contributed by atoms with Gasteiger partial charge in [0.15, 0.2) is 5.88 Å². The zero-order chi connectivity index (χ0) is 41.3. The van der Waals surface area contributed by atoms with Gasteiger partial charge in [0, 0.05) is 30.6 Å². The van der Waals surface area contributed by atoms with Gasteiger partial charge >= 0.3 is 6.09 Å². The molecule has 3 amide bonds. The molecule has 0 bridgehead atoms. The Labute approximate surface area is 342 Å². The number of hydrogen-bond acceptors (Lipinski definition) is 8. The van der Waals surface area contributed by atoms with Crippen molar-refractivity contribution in [1.29, 1.82) is 0 Å². The predicted octanol–water partition coefficient (Wildman–Crippen LogP) is 7.87. The topological polar surface area (TPSA) is 141 Å². The molecule has 4 atom stereocenters.